The van der Waals surface area contributed by atoms with Crippen LogP contribution < -0.4 is 0 Å². The van der Waals surface area contributed by atoms with Gasteiger partial charge >= 0.3 is 0 Å². The highest BCUT2D eigenvalue weighted by atomic mass is 35.5. The molecule has 7 heteroatoms. The second-order valence-corrected chi connectivity index (χ2v) is 9.28. The third-order valence-electron chi connectivity index (χ3n) is 6.31. The molecule has 2 atom stereocenters. The molecule has 1 aromatic carbocycles. The van der Waals surface area contributed by atoms with Gasteiger partial charge in [0.25, 0.3) is 0 Å². The number of nitrogens with zero attached hydrogens (tertiary/aromatic N) is 2. The lowest BCUT2D eigenvalue weighted by Gasteiger charge is -2.38. The molecule has 0 radical (unpaired) electrons. The maximum absolute atomic E-state index is 6.20. The molecule has 3 fully saturated rings. The molecule has 4 nitrogen and oxygen atoms in total. The zero-order valence-electron chi connectivity index (χ0n) is 16.3. The molecule has 2 heterocycles. The fourth-order valence-electron chi connectivity index (χ4n) is 5.01. The van der Waals surface area contributed by atoms with E-state index in [9.17, 15) is 0 Å². The van der Waals surface area contributed by atoms with Crippen LogP contribution in [-0.4, -0.2) is 65.5 Å². The third-order valence-corrected chi connectivity index (χ3v) is 7.43. The highest BCUT2D eigenvalue weighted by Crippen LogP contribution is 2.43. The number of hydrogen-bond donors (Lipinski definition) is 0. The van der Waals surface area contributed by atoms with E-state index in [1.807, 2.05) is 18.2 Å². The van der Waals surface area contributed by atoms with E-state index in [-0.39, 0.29) is 0 Å². The van der Waals surface area contributed by atoms with Gasteiger partial charge in [0, 0.05) is 31.8 Å². The number of likely N-dealkylation sites (N-methyl/N-ethyl adjacent to an activating group) is 1. The van der Waals surface area contributed by atoms with Gasteiger partial charge in [0.2, 0.25) is 0 Å². The maximum Gasteiger partial charge on any atom is 0.172 e. The summed E-state index contributed by atoms with van der Waals surface area (Å²) >= 11 is 18.2. The van der Waals surface area contributed by atoms with Crippen LogP contribution in [0, 0.1) is 0 Å². The molecule has 2 aliphatic heterocycles. The Labute approximate surface area is 183 Å². The Kier molecular flexibility index (Phi) is 6.50. The monoisotopic (exact) mass is 442 g/mol. The summed E-state index contributed by atoms with van der Waals surface area (Å²) in [6, 6.07) is 6.51. The fraction of sp³-hybridized carbons (Fsp3) is 0.667. The van der Waals surface area contributed by atoms with Gasteiger partial charge in [-0.25, -0.2) is 0 Å². The molecule has 0 N–H and O–H groups in total. The summed E-state index contributed by atoms with van der Waals surface area (Å²) in [6.45, 7) is 6.77. The van der Waals surface area contributed by atoms with E-state index in [0.29, 0.717) is 41.8 Å². The first-order valence-corrected chi connectivity index (χ1v) is 11.4. The second-order valence-electron chi connectivity index (χ2n) is 8.00. The first-order chi connectivity index (χ1) is 13.5. The lowest BCUT2D eigenvalue weighted by atomic mass is 10.1. The van der Waals surface area contributed by atoms with Gasteiger partial charge in [-0.1, -0.05) is 41.5 Å². The SMILES string of the molecule is CCN(C(=S)Cc1ccc(Cl)c(Cl)c1)C1CC2(CC1N1CCCC1)OCCO2. The Morgan fingerprint density at radius 2 is 1.89 bits per heavy atom. The van der Waals surface area contributed by atoms with Crippen molar-refractivity contribution in [2.24, 2.45) is 0 Å². The van der Waals surface area contributed by atoms with Crippen molar-refractivity contribution in [2.75, 3.05) is 32.8 Å². The molecule has 1 saturated carbocycles. The van der Waals surface area contributed by atoms with E-state index < -0.39 is 5.79 Å². The summed E-state index contributed by atoms with van der Waals surface area (Å²) in [5.74, 6) is -0.426. The number of benzene rings is 1. The molecular formula is C21H28Cl2N2O2S. The van der Waals surface area contributed by atoms with E-state index in [4.69, 9.17) is 44.9 Å². The topological polar surface area (TPSA) is 24.9 Å². The van der Waals surface area contributed by atoms with Gasteiger partial charge < -0.3 is 14.4 Å². The number of likely N-dealkylation sites (tertiary alicyclic amines) is 1. The van der Waals surface area contributed by atoms with Crippen molar-refractivity contribution >= 4 is 40.4 Å². The minimum atomic E-state index is -0.426. The van der Waals surface area contributed by atoms with Crippen LogP contribution in [0.1, 0.15) is 38.2 Å². The Morgan fingerprint density at radius 3 is 2.54 bits per heavy atom. The number of thiocarbonyl (C=S) groups is 1. The van der Waals surface area contributed by atoms with Crippen molar-refractivity contribution in [1.29, 1.82) is 0 Å². The van der Waals surface area contributed by atoms with Gasteiger partial charge in [0.1, 0.15) is 0 Å². The molecule has 0 amide bonds. The van der Waals surface area contributed by atoms with E-state index in [1.165, 1.54) is 12.8 Å². The molecule has 3 aliphatic rings. The average molecular weight is 443 g/mol. The van der Waals surface area contributed by atoms with Crippen LogP contribution in [0.5, 0.6) is 0 Å². The van der Waals surface area contributed by atoms with Crippen LogP contribution in [-0.2, 0) is 15.9 Å². The Bertz CT molecular complexity index is 720. The minimum absolute atomic E-state index is 0.316. The molecular weight excluding hydrogens is 415 g/mol. The molecule has 154 valence electrons. The molecule has 28 heavy (non-hydrogen) atoms. The molecule has 4 rings (SSSR count). The van der Waals surface area contributed by atoms with Crippen LogP contribution in [0.25, 0.3) is 0 Å². The highest BCUT2D eigenvalue weighted by Gasteiger charge is 2.53. The Balaban J connectivity index is 1.53. The van der Waals surface area contributed by atoms with Crippen molar-refractivity contribution in [3.05, 3.63) is 33.8 Å². The molecule has 1 spiro atoms. The van der Waals surface area contributed by atoms with Gasteiger partial charge in [-0.05, 0) is 50.6 Å². The zero-order valence-corrected chi connectivity index (χ0v) is 18.7. The predicted molar refractivity (Wildman–Crippen MR) is 117 cm³/mol. The summed E-state index contributed by atoms with van der Waals surface area (Å²) in [5.41, 5.74) is 1.09. The average Bonchev–Trinajstić information content (AvgIpc) is 3.41. The minimum Gasteiger partial charge on any atom is -0.361 e. The summed E-state index contributed by atoms with van der Waals surface area (Å²) in [4.78, 5) is 5.96. The third kappa shape index (κ3) is 4.21. The van der Waals surface area contributed by atoms with Crippen molar-refractivity contribution in [1.82, 2.24) is 9.80 Å². The molecule has 2 saturated heterocycles. The van der Waals surface area contributed by atoms with Crippen LogP contribution in [0.15, 0.2) is 18.2 Å². The first kappa shape index (κ1) is 20.8. The lowest BCUT2D eigenvalue weighted by Crippen LogP contribution is -2.50. The van der Waals surface area contributed by atoms with Crippen molar-refractivity contribution in [3.8, 4) is 0 Å². The standard InChI is InChI=1S/C21H28Cl2N2O2S/c1-2-25(20(28)12-15-5-6-16(22)17(23)11-15)19-14-21(26-9-10-27-21)13-18(19)24-7-3-4-8-24/h5-6,11,18-19H,2-4,7-10,12-14H2,1H3. The smallest absolute Gasteiger partial charge is 0.172 e. The van der Waals surface area contributed by atoms with Gasteiger partial charge in [0.05, 0.1) is 34.3 Å². The summed E-state index contributed by atoms with van der Waals surface area (Å²) in [6.07, 6.45) is 5.06. The molecule has 1 aromatic rings. The molecule has 1 aliphatic carbocycles. The largest absolute Gasteiger partial charge is 0.361 e. The van der Waals surface area contributed by atoms with Gasteiger partial charge in [-0.15, -0.1) is 0 Å². The molecule has 0 bridgehead atoms. The van der Waals surface area contributed by atoms with E-state index in [0.717, 1.165) is 43.0 Å². The van der Waals surface area contributed by atoms with Crippen molar-refractivity contribution in [3.63, 3.8) is 0 Å². The van der Waals surface area contributed by atoms with E-state index in [1.54, 1.807) is 0 Å². The van der Waals surface area contributed by atoms with Gasteiger partial charge in [-0.2, -0.15) is 0 Å². The quantitative estimate of drug-likeness (QED) is 0.622. The second kappa shape index (κ2) is 8.75. The maximum atomic E-state index is 6.20. The van der Waals surface area contributed by atoms with Gasteiger partial charge in [0.15, 0.2) is 5.79 Å². The summed E-state index contributed by atoms with van der Waals surface area (Å²) in [7, 11) is 0. The van der Waals surface area contributed by atoms with Crippen LogP contribution in [0.3, 0.4) is 0 Å². The van der Waals surface area contributed by atoms with E-state index >= 15 is 0 Å². The first-order valence-electron chi connectivity index (χ1n) is 10.3. The van der Waals surface area contributed by atoms with Crippen molar-refractivity contribution in [2.45, 2.75) is 56.9 Å². The lowest BCUT2D eigenvalue weighted by molar-refractivity contribution is -0.154. The predicted octanol–water partition coefficient (Wildman–Crippen LogP) is 4.56. The molecule has 2 unspecified atom stereocenters. The summed E-state index contributed by atoms with van der Waals surface area (Å²) < 4.78 is 12.2. The van der Waals surface area contributed by atoms with Crippen LogP contribution >= 0.6 is 35.4 Å². The van der Waals surface area contributed by atoms with Gasteiger partial charge in [-0.3, -0.25) is 4.90 Å². The number of hydrogen-bond acceptors (Lipinski definition) is 4. The van der Waals surface area contributed by atoms with Crippen LogP contribution in [0.2, 0.25) is 10.0 Å². The number of rotatable bonds is 5. The zero-order chi connectivity index (χ0) is 19.7. The number of ether oxygens (including phenoxy) is 2. The number of halogens is 2. The van der Waals surface area contributed by atoms with E-state index in [2.05, 4.69) is 16.7 Å². The molecule has 0 aromatic heterocycles. The van der Waals surface area contributed by atoms with Crippen molar-refractivity contribution < 1.29 is 9.47 Å². The summed E-state index contributed by atoms with van der Waals surface area (Å²) in [5, 5.41) is 1.15. The fourth-order valence-corrected chi connectivity index (χ4v) is 5.76. The Hall–Kier alpha value is -0.430. The van der Waals surface area contributed by atoms with Crippen LogP contribution in [0.4, 0.5) is 0 Å². The Morgan fingerprint density at radius 1 is 1.18 bits per heavy atom. The normalized spacial score (nSPS) is 27.0. The highest BCUT2D eigenvalue weighted by molar-refractivity contribution is 7.80.